The van der Waals surface area contributed by atoms with Crippen molar-refractivity contribution in [1.82, 2.24) is 0 Å². The number of benzene rings is 1. The maximum absolute atomic E-state index is 9.65. The van der Waals surface area contributed by atoms with Crippen LogP contribution in [0.3, 0.4) is 0 Å². The number of rotatable bonds is 4. The van der Waals surface area contributed by atoms with Gasteiger partial charge in [0.15, 0.2) is 0 Å². The summed E-state index contributed by atoms with van der Waals surface area (Å²) in [5.41, 5.74) is 0.280. The second-order valence-corrected chi connectivity index (χ2v) is 3.74. The van der Waals surface area contributed by atoms with Gasteiger partial charge in [0.25, 0.3) is 0 Å². The molecule has 0 aromatic heterocycles. The molecule has 0 amide bonds. The maximum atomic E-state index is 9.65. The van der Waals surface area contributed by atoms with Gasteiger partial charge in [-0.3, -0.25) is 0 Å². The highest BCUT2D eigenvalue weighted by Gasteiger charge is 2.20. The number of alkyl halides is 1. The van der Waals surface area contributed by atoms with Gasteiger partial charge in [-0.05, 0) is 12.1 Å². The van der Waals surface area contributed by atoms with Gasteiger partial charge in [0.05, 0.1) is 13.2 Å². The molecule has 0 heterocycles. The fourth-order valence-electron chi connectivity index (χ4n) is 1.19. The number of halogens is 1. The minimum absolute atomic E-state index is 0.0955. The lowest BCUT2D eigenvalue weighted by molar-refractivity contribution is 0.0327. The Labute approximate surface area is 96.3 Å². The van der Waals surface area contributed by atoms with Crippen LogP contribution in [0.5, 0.6) is 11.5 Å². The van der Waals surface area contributed by atoms with Gasteiger partial charge in [-0.25, -0.2) is 0 Å². The molecule has 15 heavy (non-hydrogen) atoms. The smallest absolute Gasteiger partial charge is 0.125 e. The fourth-order valence-corrected chi connectivity index (χ4v) is 1.55. The lowest BCUT2D eigenvalue weighted by Crippen LogP contribution is -2.19. The van der Waals surface area contributed by atoms with Crippen molar-refractivity contribution in [2.75, 3.05) is 12.4 Å². The highest BCUT2D eigenvalue weighted by molar-refractivity contribution is 9.09. The zero-order valence-electron chi connectivity index (χ0n) is 8.22. The van der Waals surface area contributed by atoms with Crippen molar-refractivity contribution in [3.05, 3.63) is 23.8 Å². The number of phenols is 1. The molecule has 0 aliphatic heterocycles. The molecule has 0 radical (unpaired) electrons. The first-order chi connectivity index (χ1) is 7.10. The molecular weight excluding hydrogens is 264 g/mol. The number of methoxy groups -OCH3 is 1. The van der Waals surface area contributed by atoms with Crippen LogP contribution in [0, 0.1) is 0 Å². The Morgan fingerprint density at radius 3 is 2.53 bits per heavy atom. The average Bonchev–Trinajstić information content (AvgIpc) is 2.26. The van der Waals surface area contributed by atoms with E-state index in [1.165, 1.54) is 19.2 Å². The minimum Gasteiger partial charge on any atom is -0.507 e. The predicted molar refractivity (Wildman–Crippen MR) is 59.4 cm³/mol. The van der Waals surface area contributed by atoms with Gasteiger partial charge in [-0.2, -0.15) is 0 Å². The highest BCUT2D eigenvalue weighted by atomic mass is 79.9. The SMILES string of the molecule is COc1ccc(C(O)C(O)CBr)c(O)c1. The van der Waals surface area contributed by atoms with Crippen LogP contribution in [0.1, 0.15) is 11.7 Å². The van der Waals surface area contributed by atoms with Crippen molar-refractivity contribution >= 4 is 15.9 Å². The van der Waals surface area contributed by atoms with Crippen molar-refractivity contribution in [3.8, 4) is 11.5 Å². The minimum atomic E-state index is -1.12. The van der Waals surface area contributed by atoms with Crippen LogP contribution < -0.4 is 4.74 Å². The molecule has 0 fully saturated rings. The van der Waals surface area contributed by atoms with Gasteiger partial charge in [0.2, 0.25) is 0 Å². The fraction of sp³-hybridized carbons (Fsp3) is 0.400. The normalized spacial score (nSPS) is 14.7. The molecule has 1 rings (SSSR count). The van der Waals surface area contributed by atoms with E-state index in [2.05, 4.69) is 15.9 Å². The molecule has 2 atom stereocenters. The Morgan fingerprint density at radius 1 is 1.40 bits per heavy atom. The lowest BCUT2D eigenvalue weighted by Gasteiger charge is -2.17. The topological polar surface area (TPSA) is 69.9 Å². The van der Waals surface area contributed by atoms with E-state index >= 15 is 0 Å². The molecule has 1 aromatic carbocycles. The van der Waals surface area contributed by atoms with Crippen molar-refractivity contribution < 1.29 is 20.1 Å². The number of phenolic OH excluding ortho intramolecular Hbond substituents is 1. The number of ether oxygens (including phenoxy) is 1. The Kier molecular flexibility index (Phi) is 4.38. The molecule has 2 unspecified atom stereocenters. The first-order valence-electron chi connectivity index (χ1n) is 4.39. The second kappa shape index (κ2) is 5.34. The predicted octanol–water partition coefficient (Wildman–Crippen LogP) is 1.19. The van der Waals surface area contributed by atoms with Crippen LogP contribution in [0.2, 0.25) is 0 Å². The third-order valence-electron chi connectivity index (χ3n) is 2.08. The molecule has 0 aliphatic carbocycles. The van der Waals surface area contributed by atoms with Gasteiger partial charge < -0.3 is 20.1 Å². The number of aromatic hydroxyl groups is 1. The van der Waals surface area contributed by atoms with E-state index in [4.69, 9.17) is 4.74 Å². The van der Waals surface area contributed by atoms with Crippen molar-refractivity contribution in [2.24, 2.45) is 0 Å². The van der Waals surface area contributed by atoms with Gasteiger partial charge in [-0.15, -0.1) is 0 Å². The summed E-state index contributed by atoms with van der Waals surface area (Å²) in [6.45, 7) is 0. The molecule has 0 spiro atoms. The summed E-state index contributed by atoms with van der Waals surface area (Å²) in [5.74, 6) is 0.402. The zero-order valence-corrected chi connectivity index (χ0v) is 9.81. The highest BCUT2D eigenvalue weighted by Crippen LogP contribution is 2.30. The van der Waals surface area contributed by atoms with Gasteiger partial charge in [-0.1, -0.05) is 15.9 Å². The van der Waals surface area contributed by atoms with E-state index in [0.29, 0.717) is 5.75 Å². The molecule has 1 aromatic rings. The molecule has 0 bridgehead atoms. The second-order valence-electron chi connectivity index (χ2n) is 3.09. The van der Waals surface area contributed by atoms with Gasteiger partial charge >= 0.3 is 0 Å². The number of aliphatic hydroxyl groups excluding tert-OH is 2. The lowest BCUT2D eigenvalue weighted by atomic mass is 10.0. The molecule has 84 valence electrons. The Morgan fingerprint density at radius 2 is 2.07 bits per heavy atom. The molecule has 0 saturated heterocycles. The molecule has 0 saturated carbocycles. The molecule has 5 heteroatoms. The summed E-state index contributed by atoms with van der Waals surface area (Å²) in [6, 6.07) is 4.52. The molecule has 4 nitrogen and oxygen atoms in total. The van der Waals surface area contributed by atoms with Crippen LogP contribution in [0.15, 0.2) is 18.2 Å². The monoisotopic (exact) mass is 276 g/mol. The van der Waals surface area contributed by atoms with Crippen LogP contribution in [-0.4, -0.2) is 33.9 Å². The third-order valence-corrected chi connectivity index (χ3v) is 2.74. The number of hydrogen-bond donors (Lipinski definition) is 3. The van der Waals surface area contributed by atoms with Crippen molar-refractivity contribution in [3.63, 3.8) is 0 Å². The van der Waals surface area contributed by atoms with Crippen LogP contribution in [0.25, 0.3) is 0 Å². The summed E-state index contributed by atoms with van der Waals surface area (Å²) in [7, 11) is 1.48. The van der Waals surface area contributed by atoms with E-state index < -0.39 is 12.2 Å². The summed E-state index contributed by atoms with van der Waals surface area (Å²) < 4.78 is 4.90. The standard InChI is InChI=1S/C10H13BrO4/c1-15-6-2-3-7(8(12)4-6)10(14)9(13)5-11/h2-4,9-10,12-14H,5H2,1H3. The largest absolute Gasteiger partial charge is 0.507 e. The van der Waals surface area contributed by atoms with Crippen LogP contribution >= 0.6 is 15.9 Å². The Bertz CT molecular complexity index is 329. The summed E-state index contributed by atoms with van der Waals surface area (Å²) in [6.07, 6.45) is -2.07. The number of aliphatic hydroxyl groups is 2. The Balaban J connectivity index is 2.95. The summed E-state index contributed by atoms with van der Waals surface area (Å²) >= 11 is 3.05. The van der Waals surface area contributed by atoms with E-state index in [1.807, 2.05) is 0 Å². The van der Waals surface area contributed by atoms with E-state index in [-0.39, 0.29) is 16.6 Å². The van der Waals surface area contributed by atoms with Gasteiger partial charge in [0.1, 0.15) is 17.6 Å². The molecule has 0 aliphatic rings. The number of hydrogen-bond acceptors (Lipinski definition) is 4. The van der Waals surface area contributed by atoms with E-state index in [9.17, 15) is 15.3 Å². The van der Waals surface area contributed by atoms with E-state index in [0.717, 1.165) is 0 Å². The third kappa shape index (κ3) is 2.84. The van der Waals surface area contributed by atoms with Crippen molar-refractivity contribution in [2.45, 2.75) is 12.2 Å². The van der Waals surface area contributed by atoms with Gasteiger partial charge in [0, 0.05) is 17.0 Å². The first kappa shape index (κ1) is 12.3. The first-order valence-corrected chi connectivity index (χ1v) is 5.51. The summed E-state index contributed by atoms with van der Waals surface area (Å²) in [5, 5.41) is 28.9. The van der Waals surface area contributed by atoms with Crippen LogP contribution in [-0.2, 0) is 0 Å². The molecule has 3 N–H and O–H groups in total. The summed E-state index contributed by atoms with van der Waals surface area (Å²) in [4.78, 5) is 0. The quantitative estimate of drug-likeness (QED) is 0.723. The van der Waals surface area contributed by atoms with Crippen molar-refractivity contribution in [1.29, 1.82) is 0 Å². The Hall–Kier alpha value is -0.780. The van der Waals surface area contributed by atoms with Crippen LogP contribution in [0.4, 0.5) is 0 Å². The molecular formula is C10H13BrO4. The maximum Gasteiger partial charge on any atom is 0.125 e. The zero-order chi connectivity index (χ0) is 11.4. The van der Waals surface area contributed by atoms with E-state index in [1.54, 1.807) is 6.07 Å². The average molecular weight is 277 g/mol.